The molecule has 140 valence electrons. The number of nitrogens with zero attached hydrogens (tertiary/aromatic N) is 2. The van der Waals surface area contributed by atoms with Gasteiger partial charge in [0, 0.05) is 37.4 Å². The molecule has 0 bridgehead atoms. The minimum absolute atomic E-state index is 0.0380. The summed E-state index contributed by atoms with van der Waals surface area (Å²) in [5.41, 5.74) is 1.42. The molecular formula is C19H24ClN3O3. The van der Waals surface area contributed by atoms with Crippen LogP contribution in [0.4, 0.5) is 6.01 Å². The third-order valence-electron chi connectivity index (χ3n) is 5.43. The zero-order valence-corrected chi connectivity index (χ0v) is 15.7. The van der Waals surface area contributed by atoms with Crippen LogP contribution in [0.25, 0.3) is 11.1 Å². The van der Waals surface area contributed by atoms with Gasteiger partial charge < -0.3 is 19.4 Å². The maximum absolute atomic E-state index is 12.8. The lowest BCUT2D eigenvalue weighted by atomic mass is 9.96. The molecule has 1 aliphatic heterocycles. The number of fused-ring (bicyclic) bond motifs is 1. The van der Waals surface area contributed by atoms with Crippen molar-refractivity contribution in [3.05, 3.63) is 23.2 Å². The number of hydrogen-bond donors (Lipinski definition) is 1. The number of methoxy groups -OCH3 is 1. The van der Waals surface area contributed by atoms with E-state index in [1.54, 1.807) is 19.2 Å². The second-order valence-corrected chi connectivity index (χ2v) is 7.84. The first kappa shape index (κ1) is 17.6. The standard InChI is InChI=1S/C19H24ClN3O3/c1-25-10-8-19(6-7-19)22-17(24)13-3-2-9-23(12-13)18-21-15-11-14(20)4-5-16(15)26-18/h4-5,11,13H,2-3,6-10,12H2,1H3,(H,22,24). The maximum atomic E-state index is 12.8. The van der Waals surface area contributed by atoms with E-state index in [2.05, 4.69) is 15.2 Å². The van der Waals surface area contributed by atoms with Crippen molar-refractivity contribution < 1.29 is 13.9 Å². The van der Waals surface area contributed by atoms with Gasteiger partial charge in [-0.15, -0.1) is 0 Å². The summed E-state index contributed by atoms with van der Waals surface area (Å²) >= 11 is 6.02. The number of anilines is 1. The third-order valence-corrected chi connectivity index (χ3v) is 5.66. The van der Waals surface area contributed by atoms with Crippen molar-refractivity contribution in [2.45, 2.75) is 37.6 Å². The molecule has 1 unspecified atom stereocenters. The van der Waals surface area contributed by atoms with E-state index in [9.17, 15) is 4.79 Å². The number of hydrogen-bond acceptors (Lipinski definition) is 5. The summed E-state index contributed by atoms with van der Waals surface area (Å²) in [7, 11) is 1.70. The van der Waals surface area contributed by atoms with Gasteiger partial charge >= 0.3 is 0 Å². The van der Waals surface area contributed by atoms with Crippen LogP contribution in [-0.2, 0) is 9.53 Å². The van der Waals surface area contributed by atoms with Gasteiger partial charge in [-0.05, 0) is 50.3 Å². The fourth-order valence-corrected chi connectivity index (χ4v) is 3.80. The molecule has 1 atom stereocenters. The normalized spacial score (nSPS) is 21.8. The third kappa shape index (κ3) is 3.67. The number of carbonyl (C=O) groups is 1. The van der Waals surface area contributed by atoms with Gasteiger partial charge in [-0.2, -0.15) is 4.98 Å². The van der Waals surface area contributed by atoms with Crippen LogP contribution in [0.15, 0.2) is 22.6 Å². The number of rotatable bonds is 6. The highest BCUT2D eigenvalue weighted by Gasteiger charge is 2.44. The predicted molar refractivity (Wildman–Crippen MR) is 101 cm³/mol. The quantitative estimate of drug-likeness (QED) is 0.835. The van der Waals surface area contributed by atoms with E-state index >= 15 is 0 Å². The number of ether oxygens (including phenoxy) is 1. The van der Waals surface area contributed by atoms with Gasteiger partial charge in [-0.3, -0.25) is 4.79 Å². The van der Waals surface area contributed by atoms with Crippen LogP contribution in [-0.4, -0.2) is 43.2 Å². The fourth-order valence-electron chi connectivity index (χ4n) is 3.64. The minimum atomic E-state index is -0.0395. The summed E-state index contributed by atoms with van der Waals surface area (Å²) in [5.74, 6) is 0.102. The number of piperidine rings is 1. The number of amides is 1. The van der Waals surface area contributed by atoms with E-state index in [4.69, 9.17) is 20.8 Å². The Morgan fingerprint density at radius 1 is 1.50 bits per heavy atom. The number of carbonyl (C=O) groups excluding carboxylic acids is 1. The lowest BCUT2D eigenvalue weighted by Gasteiger charge is -2.32. The first-order chi connectivity index (χ1) is 12.6. The molecule has 1 amide bonds. The van der Waals surface area contributed by atoms with Crippen molar-refractivity contribution in [3.8, 4) is 0 Å². The Kier molecular flexibility index (Phi) is 4.80. The Balaban J connectivity index is 1.42. The van der Waals surface area contributed by atoms with Crippen molar-refractivity contribution in [1.29, 1.82) is 0 Å². The number of halogens is 1. The Bertz CT molecular complexity index is 802. The Hall–Kier alpha value is -1.79. The van der Waals surface area contributed by atoms with Gasteiger partial charge in [0.15, 0.2) is 5.58 Å². The molecule has 2 aliphatic rings. The van der Waals surface area contributed by atoms with Crippen LogP contribution in [0.1, 0.15) is 32.1 Å². The van der Waals surface area contributed by atoms with Gasteiger partial charge in [0.25, 0.3) is 6.01 Å². The summed E-state index contributed by atoms with van der Waals surface area (Å²) in [4.78, 5) is 19.4. The number of aromatic nitrogens is 1. The number of nitrogens with one attached hydrogen (secondary N) is 1. The number of benzene rings is 1. The molecule has 1 saturated heterocycles. The summed E-state index contributed by atoms with van der Waals surface area (Å²) in [6.07, 6.45) is 4.82. The van der Waals surface area contributed by atoms with Crippen LogP contribution in [0.2, 0.25) is 5.02 Å². The highest BCUT2D eigenvalue weighted by atomic mass is 35.5. The highest BCUT2D eigenvalue weighted by molar-refractivity contribution is 6.31. The largest absolute Gasteiger partial charge is 0.423 e. The zero-order chi connectivity index (χ0) is 18.1. The first-order valence-corrected chi connectivity index (χ1v) is 9.58. The second-order valence-electron chi connectivity index (χ2n) is 7.41. The van der Waals surface area contributed by atoms with Crippen LogP contribution in [0.5, 0.6) is 0 Å². The summed E-state index contributed by atoms with van der Waals surface area (Å²) in [6.45, 7) is 2.16. The lowest BCUT2D eigenvalue weighted by Crippen LogP contribution is -2.47. The van der Waals surface area contributed by atoms with E-state index < -0.39 is 0 Å². The smallest absolute Gasteiger partial charge is 0.298 e. The summed E-state index contributed by atoms with van der Waals surface area (Å²) in [6, 6.07) is 5.99. The van der Waals surface area contributed by atoms with Crippen LogP contribution in [0, 0.1) is 5.92 Å². The van der Waals surface area contributed by atoms with E-state index in [1.165, 1.54) is 0 Å². The maximum Gasteiger partial charge on any atom is 0.298 e. The minimum Gasteiger partial charge on any atom is -0.423 e. The average molecular weight is 378 g/mol. The lowest BCUT2D eigenvalue weighted by molar-refractivity contribution is -0.126. The van der Waals surface area contributed by atoms with Crippen LogP contribution >= 0.6 is 11.6 Å². The van der Waals surface area contributed by atoms with E-state index in [-0.39, 0.29) is 17.4 Å². The van der Waals surface area contributed by atoms with Crippen molar-refractivity contribution in [2.24, 2.45) is 5.92 Å². The fraction of sp³-hybridized carbons (Fsp3) is 0.579. The monoisotopic (exact) mass is 377 g/mol. The molecule has 4 rings (SSSR count). The van der Waals surface area contributed by atoms with Gasteiger partial charge in [0.05, 0.1) is 5.92 Å². The molecule has 1 aromatic heterocycles. The summed E-state index contributed by atoms with van der Waals surface area (Å²) in [5, 5.41) is 3.90. The van der Waals surface area contributed by atoms with Gasteiger partial charge in [-0.25, -0.2) is 0 Å². The first-order valence-electron chi connectivity index (χ1n) is 9.21. The zero-order valence-electron chi connectivity index (χ0n) is 15.0. The molecule has 6 nitrogen and oxygen atoms in total. The predicted octanol–water partition coefficient (Wildman–Crippen LogP) is 3.38. The molecule has 1 aliphatic carbocycles. The van der Waals surface area contributed by atoms with Crippen molar-refractivity contribution >= 4 is 34.6 Å². The van der Waals surface area contributed by atoms with Gasteiger partial charge in [0.1, 0.15) is 5.52 Å². The Morgan fingerprint density at radius 2 is 2.35 bits per heavy atom. The highest BCUT2D eigenvalue weighted by Crippen LogP contribution is 2.39. The van der Waals surface area contributed by atoms with Gasteiger partial charge in [0.2, 0.25) is 5.91 Å². The topological polar surface area (TPSA) is 67.6 Å². The average Bonchev–Trinajstić information content (AvgIpc) is 3.27. The second kappa shape index (κ2) is 7.08. The molecule has 1 aromatic carbocycles. The summed E-state index contributed by atoms with van der Waals surface area (Å²) < 4.78 is 11.0. The molecule has 0 spiro atoms. The molecule has 26 heavy (non-hydrogen) atoms. The Labute approximate surface area is 157 Å². The molecular weight excluding hydrogens is 354 g/mol. The molecule has 1 N–H and O–H groups in total. The molecule has 2 aromatic rings. The molecule has 1 saturated carbocycles. The van der Waals surface area contributed by atoms with Crippen molar-refractivity contribution in [3.63, 3.8) is 0 Å². The van der Waals surface area contributed by atoms with E-state index in [0.717, 1.165) is 44.2 Å². The molecule has 2 fully saturated rings. The van der Waals surface area contributed by atoms with E-state index in [0.29, 0.717) is 29.8 Å². The molecule has 0 radical (unpaired) electrons. The van der Waals surface area contributed by atoms with Crippen molar-refractivity contribution in [1.82, 2.24) is 10.3 Å². The van der Waals surface area contributed by atoms with Gasteiger partial charge in [-0.1, -0.05) is 11.6 Å². The Morgan fingerprint density at radius 3 is 3.12 bits per heavy atom. The molecule has 7 heteroatoms. The van der Waals surface area contributed by atoms with E-state index in [1.807, 2.05) is 6.07 Å². The van der Waals surface area contributed by atoms with Crippen molar-refractivity contribution in [2.75, 3.05) is 31.7 Å². The number of oxazole rings is 1. The SMILES string of the molecule is COCCC1(NC(=O)C2CCCN(c3nc4cc(Cl)ccc4o3)C2)CC1. The van der Waals surface area contributed by atoms with Crippen LogP contribution < -0.4 is 10.2 Å². The molecule has 2 heterocycles. The van der Waals surface area contributed by atoms with Crippen LogP contribution in [0.3, 0.4) is 0 Å².